The molecular formula is C16H23IO2. The molecule has 0 heterocycles. The fraction of sp³-hybridized carbons (Fsp3) is 0.625. The maximum absolute atomic E-state index is 6.17. The van der Waals surface area contributed by atoms with E-state index in [0.717, 1.165) is 23.2 Å². The summed E-state index contributed by atoms with van der Waals surface area (Å²) in [6.45, 7) is 3.75. The van der Waals surface area contributed by atoms with Gasteiger partial charge in [0.25, 0.3) is 0 Å². The van der Waals surface area contributed by atoms with E-state index in [9.17, 15) is 0 Å². The number of ether oxygens (including phenoxy) is 2. The predicted molar refractivity (Wildman–Crippen MR) is 87.1 cm³/mol. The van der Waals surface area contributed by atoms with Gasteiger partial charge in [0.1, 0.15) is 11.4 Å². The molecule has 2 rings (SSSR count). The highest BCUT2D eigenvalue weighted by Crippen LogP contribution is 2.34. The normalized spacial score (nSPS) is 17.6. The molecule has 0 N–H and O–H groups in total. The minimum Gasteiger partial charge on any atom is -0.488 e. The Labute approximate surface area is 130 Å². The standard InChI is InChI=1S/C16H23IO2/c1-16(8-2-3-9-16)19-15-7-4-6-14(12-15)13-18-11-5-10-17/h4,6-7,12H,2-3,5,8-11,13H2,1H3. The highest BCUT2D eigenvalue weighted by atomic mass is 127. The van der Waals surface area contributed by atoms with Crippen molar-refractivity contribution < 1.29 is 9.47 Å². The second-order valence-electron chi connectivity index (χ2n) is 5.50. The van der Waals surface area contributed by atoms with E-state index in [-0.39, 0.29) is 5.60 Å². The summed E-state index contributed by atoms with van der Waals surface area (Å²) in [7, 11) is 0. The van der Waals surface area contributed by atoms with Gasteiger partial charge in [-0.3, -0.25) is 0 Å². The van der Waals surface area contributed by atoms with Crippen LogP contribution in [0.4, 0.5) is 0 Å². The third-order valence-corrected chi connectivity index (χ3v) is 4.38. The summed E-state index contributed by atoms with van der Waals surface area (Å²) >= 11 is 2.38. The minimum atomic E-state index is 0.0424. The van der Waals surface area contributed by atoms with Crippen molar-refractivity contribution >= 4 is 22.6 Å². The number of hydrogen-bond acceptors (Lipinski definition) is 2. The van der Waals surface area contributed by atoms with E-state index in [2.05, 4.69) is 53.8 Å². The number of benzene rings is 1. The Morgan fingerprint density at radius 2 is 2.05 bits per heavy atom. The lowest BCUT2D eigenvalue weighted by Gasteiger charge is -2.25. The van der Waals surface area contributed by atoms with Crippen molar-refractivity contribution in [3.63, 3.8) is 0 Å². The molecule has 0 saturated heterocycles. The maximum Gasteiger partial charge on any atom is 0.120 e. The van der Waals surface area contributed by atoms with E-state index < -0.39 is 0 Å². The van der Waals surface area contributed by atoms with Crippen molar-refractivity contribution in [2.75, 3.05) is 11.0 Å². The summed E-state index contributed by atoms with van der Waals surface area (Å²) in [6, 6.07) is 8.34. The molecule has 0 bridgehead atoms. The second-order valence-corrected chi connectivity index (χ2v) is 6.58. The van der Waals surface area contributed by atoms with Crippen LogP contribution in [0.1, 0.15) is 44.6 Å². The van der Waals surface area contributed by atoms with E-state index in [4.69, 9.17) is 9.47 Å². The van der Waals surface area contributed by atoms with E-state index in [1.54, 1.807) is 0 Å². The molecule has 0 spiro atoms. The largest absolute Gasteiger partial charge is 0.488 e. The van der Waals surface area contributed by atoms with Gasteiger partial charge in [-0.15, -0.1) is 0 Å². The first kappa shape index (κ1) is 15.1. The molecule has 0 unspecified atom stereocenters. The van der Waals surface area contributed by atoms with Crippen LogP contribution in [0.15, 0.2) is 24.3 Å². The summed E-state index contributed by atoms with van der Waals surface area (Å²) in [5.74, 6) is 0.986. The molecule has 1 fully saturated rings. The predicted octanol–water partition coefficient (Wildman–Crippen LogP) is 4.74. The molecule has 1 saturated carbocycles. The lowest BCUT2D eigenvalue weighted by Crippen LogP contribution is -2.28. The van der Waals surface area contributed by atoms with Gasteiger partial charge in [-0.05, 0) is 56.7 Å². The van der Waals surface area contributed by atoms with Crippen molar-refractivity contribution in [2.24, 2.45) is 0 Å². The summed E-state index contributed by atoms with van der Waals surface area (Å²) in [5.41, 5.74) is 1.24. The molecule has 2 nitrogen and oxygen atoms in total. The van der Waals surface area contributed by atoms with Gasteiger partial charge in [-0.1, -0.05) is 34.7 Å². The Bertz CT molecular complexity index is 386. The molecule has 1 aromatic rings. The van der Waals surface area contributed by atoms with E-state index in [1.807, 2.05) is 0 Å². The second kappa shape index (κ2) is 7.48. The van der Waals surface area contributed by atoms with E-state index in [1.165, 1.54) is 31.2 Å². The number of halogens is 1. The van der Waals surface area contributed by atoms with Gasteiger partial charge in [0.15, 0.2) is 0 Å². The molecule has 0 aromatic heterocycles. The zero-order valence-electron chi connectivity index (χ0n) is 11.7. The number of hydrogen-bond donors (Lipinski definition) is 0. The van der Waals surface area contributed by atoms with Gasteiger partial charge in [-0.2, -0.15) is 0 Å². The lowest BCUT2D eigenvalue weighted by molar-refractivity contribution is 0.0954. The smallest absolute Gasteiger partial charge is 0.120 e. The third kappa shape index (κ3) is 4.95. The molecule has 0 aliphatic heterocycles. The number of alkyl halides is 1. The van der Waals surface area contributed by atoms with Crippen LogP contribution in [0.25, 0.3) is 0 Å². The van der Waals surface area contributed by atoms with Crippen LogP contribution in [0.2, 0.25) is 0 Å². The molecule has 3 heteroatoms. The Morgan fingerprint density at radius 1 is 1.26 bits per heavy atom. The van der Waals surface area contributed by atoms with Gasteiger partial charge in [0, 0.05) is 11.0 Å². The average Bonchev–Trinajstić information content (AvgIpc) is 2.82. The van der Waals surface area contributed by atoms with Crippen LogP contribution in [-0.4, -0.2) is 16.6 Å². The van der Waals surface area contributed by atoms with Gasteiger partial charge < -0.3 is 9.47 Å². The first-order valence-electron chi connectivity index (χ1n) is 7.13. The quantitative estimate of drug-likeness (QED) is 0.390. The van der Waals surface area contributed by atoms with Crippen molar-refractivity contribution in [1.82, 2.24) is 0 Å². The average molecular weight is 374 g/mol. The Balaban J connectivity index is 1.87. The van der Waals surface area contributed by atoms with Gasteiger partial charge in [0.2, 0.25) is 0 Å². The first-order chi connectivity index (χ1) is 9.22. The van der Waals surface area contributed by atoms with Gasteiger partial charge >= 0.3 is 0 Å². The third-order valence-electron chi connectivity index (χ3n) is 3.61. The molecular weight excluding hydrogens is 351 g/mol. The van der Waals surface area contributed by atoms with Gasteiger partial charge in [0.05, 0.1) is 6.61 Å². The fourth-order valence-corrected chi connectivity index (χ4v) is 2.87. The van der Waals surface area contributed by atoms with Crippen LogP contribution in [-0.2, 0) is 11.3 Å². The topological polar surface area (TPSA) is 18.5 Å². The lowest BCUT2D eigenvalue weighted by atomic mass is 10.1. The van der Waals surface area contributed by atoms with Crippen molar-refractivity contribution in [3.8, 4) is 5.75 Å². The Hall–Kier alpha value is -0.290. The Morgan fingerprint density at radius 3 is 2.79 bits per heavy atom. The van der Waals surface area contributed by atoms with Gasteiger partial charge in [-0.25, -0.2) is 0 Å². The Kier molecular flexibility index (Phi) is 5.95. The van der Waals surface area contributed by atoms with Crippen LogP contribution in [0, 0.1) is 0 Å². The van der Waals surface area contributed by atoms with Crippen LogP contribution < -0.4 is 4.74 Å². The highest BCUT2D eigenvalue weighted by Gasteiger charge is 2.30. The van der Waals surface area contributed by atoms with Crippen LogP contribution in [0.5, 0.6) is 5.75 Å². The SMILES string of the molecule is CC1(Oc2cccc(COCCCI)c2)CCCC1. The summed E-state index contributed by atoms with van der Waals surface area (Å²) in [6.07, 6.45) is 6.03. The zero-order valence-corrected chi connectivity index (χ0v) is 13.8. The monoisotopic (exact) mass is 374 g/mol. The van der Waals surface area contributed by atoms with Crippen molar-refractivity contribution in [1.29, 1.82) is 0 Å². The molecule has 0 radical (unpaired) electrons. The molecule has 0 atom stereocenters. The molecule has 1 aliphatic carbocycles. The summed E-state index contributed by atoms with van der Waals surface area (Å²) in [5, 5.41) is 0. The van der Waals surface area contributed by atoms with Crippen molar-refractivity contribution in [2.45, 2.75) is 51.2 Å². The van der Waals surface area contributed by atoms with Crippen molar-refractivity contribution in [3.05, 3.63) is 29.8 Å². The summed E-state index contributed by atoms with van der Waals surface area (Å²) < 4.78 is 13.0. The first-order valence-corrected chi connectivity index (χ1v) is 8.66. The zero-order chi connectivity index (χ0) is 13.6. The molecule has 19 heavy (non-hydrogen) atoms. The summed E-state index contributed by atoms with van der Waals surface area (Å²) in [4.78, 5) is 0. The molecule has 1 aliphatic rings. The van der Waals surface area contributed by atoms with Crippen LogP contribution in [0.3, 0.4) is 0 Å². The fourth-order valence-electron chi connectivity index (χ4n) is 2.55. The molecule has 0 amide bonds. The van der Waals surface area contributed by atoms with Crippen LogP contribution >= 0.6 is 22.6 Å². The number of rotatable bonds is 7. The van der Waals surface area contributed by atoms with E-state index >= 15 is 0 Å². The van der Waals surface area contributed by atoms with E-state index in [0.29, 0.717) is 6.61 Å². The molecule has 1 aromatic carbocycles. The minimum absolute atomic E-state index is 0.0424. The maximum atomic E-state index is 6.17. The highest BCUT2D eigenvalue weighted by molar-refractivity contribution is 14.1. The molecule has 106 valence electrons.